The molecule has 1 aromatic carbocycles. The zero-order valence-corrected chi connectivity index (χ0v) is 12.1. The molecular weight excluding hydrogens is 287 g/mol. The van der Waals surface area contributed by atoms with Crippen LogP contribution in [0.1, 0.15) is 49.0 Å². The maximum atomic E-state index is 14.0. The van der Waals surface area contributed by atoms with Crippen LogP contribution in [0.2, 0.25) is 0 Å². The van der Waals surface area contributed by atoms with Gasteiger partial charge in [-0.2, -0.15) is 5.26 Å². The van der Waals surface area contributed by atoms with Gasteiger partial charge in [0, 0.05) is 12.0 Å². The Kier molecular flexibility index (Phi) is 2.96. The van der Waals surface area contributed by atoms with Crippen molar-refractivity contribution in [2.75, 3.05) is 0 Å². The van der Waals surface area contributed by atoms with Gasteiger partial charge in [0.2, 0.25) is 0 Å². The second kappa shape index (κ2) is 4.85. The molecule has 0 aliphatic heterocycles. The second-order valence-corrected chi connectivity index (χ2v) is 6.58. The lowest BCUT2D eigenvalue weighted by Crippen LogP contribution is -2.01. The lowest BCUT2D eigenvalue weighted by Gasteiger charge is -2.08. The third-order valence-corrected chi connectivity index (χ3v) is 4.82. The molecule has 0 N–H and O–H groups in total. The lowest BCUT2D eigenvalue weighted by atomic mass is 10.2. The Balaban J connectivity index is 1.67. The Labute approximate surface area is 126 Å². The molecule has 0 saturated heterocycles. The molecule has 0 atom stereocenters. The molecular formula is C15H13FN4S. The van der Waals surface area contributed by atoms with Crippen LogP contribution >= 0.6 is 11.8 Å². The largest absolute Gasteiger partial charge is 0.302 e. The Hall–Kier alpha value is -1.87. The molecule has 2 aliphatic carbocycles. The summed E-state index contributed by atoms with van der Waals surface area (Å²) < 4.78 is 16.2. The summed E-state index contributed by atoms with van der Waals surface area (Å²) in [6, 6.07) is 6.97. The van der Waals surface area contributed by atoms with Crippen molar-refractivity contribution in [2.24, 2.45) is 0 Å². The monoisotopic (exact) mass is 300 g/mol. The van der Waals surface area contributed by atoms with Gasteiger partial charge in [0.1, 0.15) is 11.6 Å². The molecule has 0 amide bonds. The van der Waals surface area contributed by atoms with Crippen LogP contribution < -0.4 is 0 Å². The smallest absolute Gasteiger partial charge is 0.196 e. The van der Waals surface area contributed by atoms with Crippen LogP contribution in [0.4, 0.5) is 4.39 Å². The van der Waals surface area contributed by atoms with E-state index >= 15 is 0 Å². The molecule has 0 radical (unpaired) electrons. The van der Waals surface area contributed by atoms with Crippen LogP contribution in [-0.2, 0) is 0 Å². The normalized spacial score (nSPS) is 17.7. The maximum Gasteiger partial charge on any atom is 0.196 e. The Morgan fingerprint density at radius 2 is 2.05 bits per heavy atom. The molecule has 1 heterocycles. The molecule has 4 rings (SSSR count). The van der Waals surface area contributed by atoms with Crippen molar-refractivity contribution in [3.8, 4) is 6.07 Å². The SMILES string of the molecule is N#Cc1ccc(Sc2nnc(C3CC3)n2C2CC2)c(F)c1. The molecule has 0 unspecified atom stereocenters. The van der Waals surface area contributed by atoms with E-state index in [0.717, 1.165) is 23.8 Å². The van der Waals surface area contributed by atoms with Crippen molar-refractivity contribution in [3.63, 3.8) is 0 Å². The second-order valence-electron chi connectivity index (χ2n) is 5.58. The maximum absolute atomic E-state index is 14.0. The molecule has 0 bridgehead atoms. The first-order valence-corrected chi connectivity index (χ1v) is 7.90. The minimum Gasteiger partial charge on any atom is -0.302 e. The summed E-state index contributed by atoms with van der Waals surface area (Å²) in [6.45, 7) is 0. The third-order valence-electron chi connectivity index (χ3n) is 3.81. The topological polar surface area (TPSA) is 54.5 Å². The molecule has 1 aromatic heterocycles. The number of halogens is 1. The van der Waals surface area contributed by atoms with Crippen molar-refractivity contribution in [3.05, 3.63) is 35.4 Å². The Bertz CT molecular complexity index is 741. The number of aromatic nitrogens is 3. The quantitative estimate of drug-likeness (QED) is 0.865. The molecule has 21 heavy (non-hydrogen) atoms. The number of rotatable bonds is 4. The average Bonchev–Trinajstić information content (AvgIpc) is 3.40. The van der Waals surface area contributed by atoms with E-state index in [9.17, 15) is 4.39 Å². The molecule has 6 heteroatoms. The van der Waals surface area contributed by atoms with Gasteiger partial charge in [-0.25, -0.2) is 4.39 Å². The van der Waals surface area contributed by atoms with E-state index in [4.69, 9.17) is 5.26 Å². The first-order valence-electron chi connectivity index (χ1n) is 7.08. The zero-order valence-electron chi connectivity index (χ0n) is 11.3. The van der Waals surface area contributed by atoms with Gasteiger partial charge >= 0.3 is 0 Å². The first-order chi connectivity index (χ1) is 10.3. The Morgan fingerprint density at radius 3 is 2.67 bits per heavy atom. The van der Waals surface area contributed by atoms with E-state index in [1.54, 1.807) is 12.1 Å². The predicted octanol–water partition coefficient (Wildman–Crippen LogP) is 3.65. The summed E-state index contributed by atoms with van der Waals surface area (Å²) in [4.78, 5) is 0.491. The minimum absolute atomic E-state index is 0.333. The Morgan fingerprint density at radius 1 is 1.24 bits per heavy atom. The van der Waals surface area contributed by atoms with Gasteiger partial charge in [-0.05, 0) is 55.6 Å². The van der Waals surface area contributed by atoms with Gasteiger partial charge in [-0.3, -0.25) is 0 Å². The van der Waals surface area contributed by atoms with Crippen LogP contribution in [0.25, 0.3) is 0 Å². The third kappa shape index (κ3) is 2.42. The molecule has 2 aromatic rings. The number of nitrogens with zero attached hydrogens (tertiary/aromatic N) is 4. The van der Waals surface area contributed by atoms with Crippen molar-refractivity contribution in [1.82, 2.24) is 14.8 Å². The fourth-order valence-corrected chi connectivity index (χ4v) is 3.32. The summed E-state index contributed by atoms with van der Waals surface area (Å²) in [6.07, 6.45) is 4.67. The molecule has 2 fully saturated rings. The van der Waals surface area contributed by atoms with E-state index < -0.39 is 0 Å². The summed E-state index contributed by atoms with van der Waals surface area (Å²) in [5.74, 6) is 1.23. The predicted molar refractivity (Wildman–Crippen MR) is 75.5 cm³/mol. The van der Waals surface area contributed by atoms with Crippen molar-refractivity contribution in [1.29, 1.82) is 5.26 Å². The molecule has 0 spiro atoms. The van der Waals surface area contributed by atoms with Gasteiger partial charge in [0.25, 0.3) is 0 Å². The highest BCUT2D eigenvalue weighted by molar-refractivity contribution is 7.99. The summed E-state index contributed by atoms with van der Waals surface area (Å²) in [7, 11) is 0. The van der Waals surface area contributed by atoms with Crippen LogP contribution in [0, 0.1) is 17.1 Å². The molecule has 106 valence electrons. The van der Waals surface area contributed by atoms with E-state index in [1.807, 2.05) is 6.07 Å². The summed E-state index contributed by atoms with van der Waals surface area (Å²) >= 11 is 1.30. The van der Waals surface area contributed by atoms with Gasteiger partial charge in [0.05, 0.1) is 16.5 Å². The van der Waals surface area contributed by atoms with Crippen LogP contribution in [-0.4, -0.2) is 14.8 Å². The fourth-order valence-electron chi connectivity index (χ4n) is 2.41. The number of hydrogen-bond donors (Lipinski definition) is 0. The van der Waals surface area contributed by atoms with Gasteiger partial charge in [-0.1, -0.05) is 0 Å². The zero-order chi connectivity index (χ0) is 14.4. The van der Waals surface area contributed by atoms with Gasteiger partial charge in [-0.15, -0.1) is 10.2 Å². The molecule has 4 nitrogen and oxygen atoms in total. The van der Waals surface area contributed by atoms with Crippen LogP contribution in [0.3, 0.4) is 0 Å². The summed E-state index contributed by atoms with van der Waals surface area (Å²) in [5, 5.41) is 18.1. The minimum atomic E-state index is -0.377. The number of benzene rings is 1. The van der Waals surface area contributed by atoms with E-state index in [0.29, 0.717) is 22.4 Å². The van der Waals surface area contributed by atoms with Gasteiger partial charge in [0.15, 0.2) is 5.16 Å². The average molecular weight is 300 g/mol. The number of hydrogen-bond acceptors (Lipinski definition) is 4. The molecule has 2 aliphatic rings. The van der Waals surface area contributed by atoms with E-state index in [1.165, 1.54) is 30.7 Å². The highest BCUT2D eigenvalue weighted by Crippen LogP contribution is 2.46. The van der Waals surface area contributed by atoms with Crippen LogP contribution in [0.5, 0.6) is 0 Å². The standard InChI is InChI=1S/C15H13FN4S/c16-12-7-9(8-17)1-6-13(12)21-15-19-18-14(10-2-3-10)20(15)11-4-5-11/h1,6-7,10-11H,2-5H2. The lowest BCUT2D eigenvalue weighted by molar-refractivity contribution is 0.598. The molecule has 2 saturated carbocycles. The van der Waals surface area contributed by atoms with Crippen molar-refractivity contribution >= 4 is 11.8 Å². The van der Waals surface area contributed by atoms with Crippen LogP contribution in [0.15, 0.2) is 28.3 Å². The van der Waals surface area contributed by atoms with Crippen molar-refractivity contribution in [2.45, 2.75) is 47.7 Å². The number of nitriles is 1. The fraction of sp³-hybridized carbons (Fsp3) is 0.400. The highest BCUT2D eigenvalue weighted by atomic mass is 32.2. The van der Waals surface area contributed by atoms with Gasteiger partial charge < -0.3 is 4.57 Å². The summed E-state index contributed by atoms with van der Waals surface area (Å²) in [5.41, 5.74) is 0.333. The van der Waals surface area contributed by atoms with E-state index in [-0.39, 0.29) is 5.82 Å². The van der Waals surface area contributed by atoms with Crippen molar-refractivity contribution < 1.29 is 4.39 Å². The highest BCUT2D eigenvalue weighted by Gasteiger charge is 2.36. The first kappa shape index (κ1) is 12.8. The van der Waals surface area contributed by atoms with E-state index in [2.05, 4.69) is 14.8 Å².